The molecular formula is C19H14Cl2N2O3. The van der Waals surface area contributed by atoms with E-state index in [2.05, 4.69) is 0 Å². The third kappa shape index (κ3) is 6.14. The molecule has 0 amide bonds. The van der Waals surface area contributed by atoms with Crippen molar-refractivity contribution < 1.29 is 14.6 Å². The number of carboxylic acid groups (broad SMARTS) is 1. The van der Waals surface area contributed by atoms with E-state index in [-0.39, 0.29) is 28.0 Å². The predicted molar refractivity (Wildman–Crippen MR) is 102 cm³/mol. The lowest BCUT2D eigenvalue weighted by Crippen LogP contribution is -2.00. The highest BCUT2D eigenvalue weighted by atomic mass is 35.5. The SMILES string of the molecule is C/C=C\C(=C/CC(=O)O)Oc1c(Cl)c(Cl)cc(/C=C/C#N)c1/C=C/C#N. The molecule has 132 valence electrons. The van der Waals surface area contributed by atoms with Crippen LogP contribution in [0.25, 0.3) is 12.2 Å². The van der Waals surface area contributed by atoms with Gasteiger partial charge in [0.15, 0.2) is 5.75 Å². The number of aliphatic carboxylic acids is 1. The molecule has 0 fully saturated rings. The molecule has 1 rings (SSSR count). The van der Waals surface area contributed by atoms with E-state index in [0.717, 1.165) is 0 Å². The maximum Gasteiger partial charge on any atom is 0.307 e. The van der Waals surface area contributed by atoms with Crippen LogP contribution in [0.1, 0.15) is 24.5 Å². The fraction of sp³-hybridized carbons (Fsp3) is 0.105. The number of nitrogens with zero attached hydrogens (tertiary/aromatic N) is 2. The molecule has 7 heteroatoms. The van der Waals surface area contributed by atoms with E-state index in [0.29, 0.717) is 11.1 Å². The summed E-state index contributed by atoms with van der Waals surface area (Å²) in [7, 11) is 0. The summed E-state index contributed by atoms with van der Waals surface area (Å²) < 4.78 is 5.78. The molecule has 0 aliphatic rings. The van der Waals surface area contributed by atoms with Gasteiger partial charge < -0.3 is 9.84 Å². The summed E-state index contributed by atoms with van der Waals surface area (Å²) in [5.74, 6) is -0.617. The van der Waals surface area contributed by atoms with Gasteiger partial charge in [0.25, 0.3) is 0 Å². The Hall–Kier alpha value is -2.99. The lowest BCUT2D eigenvalue weighted by molar-refractivity contribution is -0.136. The van der Waals surface area contributed by atoms with Crippen molar-refractivity contribution in [1.29, 1.82) is 10.5 Å². The molecule has 0 aliphatic carbocycles. The minimum atomic E-state index is -1.02. The van der Waals surface area contributed by atoms with Crippen molar-refractivity contribution in [3.63, 3.8) is 0 Å². The van der Waals surface area contributed by atoms with Crippen molar-refractivity contribution in [1.82, 2.24) is 0 Å². The van der Waals surface area contributed by atoms with E-state index in [9.17, 15) is 4.79 Å². The summed E-state index contributed by atoms with van der Waals surface area (Å²) in [5, 5.41) is 26.7. The Labute approximate surface area is 161 Å². The van der Waals surface area contributed by atoms with Crippen LogP contribution in [0.4, 0.5) is 0 Å². The largest absolute Gasteiger partial charge is 0.481 e. The first kappa shape index (κ1) is 21.1. The van der Waals surface area contributed by atoms with Gasteiger partial charge in [0, 0.05) is 17.7 Å². The molecule has 0 aromatic heterocycles. The minimum Gasteiger partial charge on any atom is -0.481 e. The van der Waals surface area contributed by atoms with Crippen LogP contribution in [-0.2, 0) is 4.79 Å². The zero-order valence-corrected chi connectivity index (χ0v) is 15.3. The second kappa shape index (κ2) is 10.8. The molecule has 1 aromatic carbocycles. The van der Waals surface area contributed by atoms with E-state index in [1.54, 1.807) is 19.1 Å². The molecule has 26 heavy (non-hydrogen) atoms. The summed E-state index contributed by atoms with van der Waals surface area (Å²) >= 11 is 12.4. The third-order valence-corrected chi connectivity index (χ3v) is 3.71. The fourth-order valence-electron chi connectivity index (χ4n) is 1.91. The number of halogens is 2. The summed E-state index contributed by atoms with van der Waals surface area (Å²) in [5.41, 5.74) is 0.943. The van der Waals surface area contributed by atoms with Crippen LogP contribution < -0.4 is 4.74 Å². The topological polar surface area (TPSA) is 94.1 Å². The normalized spacial score (nSPS) is 11.8. The highest BCUT2D eigenvalue weighted by Crippen LogP contribution is 2.40. The third-order valence-electron chi connectivity index (χ3n) is 2.94. The minimum absolute atomic E-state index is 0.101. The average Bonchev–Trinajstić information content (AvgIpc) is 2.61. The maximum absolute atomic E-state index is 10.8. The van der Waals surface area contributed by atoms with E-state index in [1.165, 1.54) is 36.4 Å². The van der Waals surface area contributed by atoms with E-state index >= 15 is 0 Å². The molecule has 0 radical (unpaired) electrons. The van der Waals surface area contributed by atoms with Crippen LogP contribution in [-0.4, -0.2) is 11.1 Å². The van der Waals surface area contributed by atoms with Gasteiger partial charge in [-0.2, -0.15) is 10.5 Å². The molecule has 1 N–H and O–H groups in total. The standard InChI is InChI=1S/C19H14Cl2N2O3/c1-2-5-14(8-9-17(24)25)26-19-15(7-4-11-23)13(6-3-10-22)12-16(20)18(19)21/h2-8,12H,9H2,1H3,(H,24,25)/b5-2-,6-3+,7-4+,14-8+. The van der Waals surface area contributed by atoms with Crippen LogP contribution in [0.15, 0.2) is 42.2 Å². The fourth-order valence-corrected chi connectivity index (χ4v) is 2.30. The number of allylic oxidation sites excluding steroid dienone is 4. The number of nitriles is 2. The van der Waals surface area contributed by atoms with Gasteiger partial charge in [-0.1, -0.05) is 29.3 Å². The molecule has 1 aromatic rings. The Morgan fingerprint density at radius 3 is 2.50 bits per heavy atom. The molecule has 0 bridgehead atoms. The Bertz CT molecular complexity index is 886. The predicted octanol–water partition coefficient (Wildman–Crippen LogP) is 5.38. The van der Waals surface area contributed by atoms with Gasteiger partial charge in [-0.3, -0.25) is 4.79 Å². The number of benzene rings is 1. The number of carbonyl (C=O) groups is 1. The molecule has 0 heterocycles. The van der Waals surface area contributed by atoms with E-state index in [4.69, 9.17) is 43.6 Å². The van der Waals surface area contributed by atoms with Crippen LogP contribution in [0.3, 0.4) is 0 Å². The van der Waals surface area contributed by atoms with Gasteiger partial charge in [0.05, 0.1) is 23.6 Å². The van der Waals surface area contributed by atoms with Crippen LogP contribution >= 0.6 is 23.2 Å². The number of hydrogen-bond donors (Lipinski definition) is 1. The molecule has 5 nitrogen and oxygen atoms in total. The Balaban J connectivity index is 3.58. The number of hydrogen-bond acceptors (Lipinski definition) is 4. The molecule has 0 unspecified atom stereocenters. The highest BCUT2D eigenvalue weighted by molar-refractivity contribution is 6.43. The molecule has 0 saturated carbocycles. The van der Waals surface area contributed by atoms with Crippen LogP contribution in [0, 0.1) is 22.7 Å². The van der Waals surface area contributed by atoms with Crippen molar-refractivity contribution in [3.05, 3.63) is 63.4 Å². The van der Waals surface area contributed by atoms with Gasteiger partial charge in [-0.05, 0) is 42.9 Å². The maximum atomic E-state index is 10.8. The molecule has 0 aliphatic heterocycles. The van der Waals surface area contributed by atoms with E-state index < -0.39 is 5.97 Å². The monoisotopic (exact) mass is 388 g/mol. The van der Waals surface area contributed by atoms with Gasteiger partial charge in [-0.25, -0.2) is 0 Å². The van der Waals surface area contributed by atoms with Crippen molar-refractivity contribution in [3.8, 4) is 17.9 Å². The smallest absolute Gasteiger partial charge is 0.307 e. The Kier molecular flexibility index (Phi) is 8.74. The lowest BCUT2D eigenvalue weighted by atomic mass is 10.0. The van der Waals surface area contributed by atoms with Gasteiger partial charge in [-0.15, -0.1) is 0 Å². The van der Waals surface area contributed by atoms with Crippen molar-refractivity contribution in [2.45, 2.75) is 13.3 Å². The van der Waals surface area contributed by atoms with Crippen LogP contribution in [0.5, 0.6) is 5.75 Å². The van der Waals surface area contributed by atoms with E-state index in [1.807, 2.05) is 12.1 Å². The van der Waals surface area contributed by atoms with Crippen molar-refractivity contribution >= 4 is 41.3 Å². The van der Waals surface area contributed by atoms with Crippen molar-refractivity contribution in [2.75, 3.05) is 0 Å². The summed E-state index contributed by atoms with van der Waals surface area (Å²) in [4.78, 5) is 10.8. The Morgan fingerprint density at radius 1 is 1.27 bits per heavy atom. The lowest BCUT2D eigenvalue weighted by Gasteiger charge is -2.15. The zero-order valence-electron chi connectivity index (χ0n) is 13.7. The zero-order chi connectivity index (χ0) is 19.5. The summed E-state index contributed by atoms with van der Waals surface area (Å²) in [6, 6.07) is 5.28. The number of ether oxygens (including phenoxy) is 1. The van der Waals surface area contributed by atoms with Crippen molar-refractivity contribution in [2.24, 2.45) is 0 Å². The summed E-state index contributed by atoms with van der Waals surface area (Å²) in [6.45, 7) is 1.75. The first-order valence-corrected chi connectivity index (χ1v) is 8.07. The first-order chi connectivity index (χ1) is 12.4. The second-order valence-electron chi connectivity index (χ2n) is 4.74. The van der Waals surface area contributed by atoms with Gasteiger partial charge in [0.1, 0.15) is 10.8 Å². The molecule has 0 spiro atoms. The number of carboxylic acids is 1. The van der Waals surface area contributed by atoms with Gasteiger partial charge >= 0.3 is 5.97 Å². The highest BCUT2D eigenvalue weighted by Gasteiger charge is 2.16. The molecule has 0 saturated heterocycles. The second-order valence-corrected chi connectivity index (χ2v) is 5.52. The molecular weight excluding hydrogens is 375 g/mol. The van der Waals surface area contributed by atoms with Crippen LogP contribution in [0.2, 0.25) is 10.0 Å². The first-order valence-electron chi connectivity index (χ1n) is 7.31. The number of rotatable bonds is 7. The average molecular weight is 389 g/mol. The van der Waals surface area contributed by atoms with Gasteiger partial charge in [0.2, 0.25) is 0 Å². The molecule has 0 atom stereocenters. The Morgan fingerprint density at radius 2 is 1.92 bits per heavy atom. The quantitative estimate of drug-likeness (QED) is 0.384. The summed E-state index contributed by atoms with van der Waals surface area (Å²) in [6.07, 6.45) is 9.83.